The number of aryl methyl sites for hydroxylation is 2. The van der Waals surface area contributed by atoms with Crippen LogP contribution in [0.15, 0.2) is 54.6 Å². The summed E-state index contributed by atoms with van der Waals surface area (Å²) in [6, 6.07) is 16.0. The minimum absolute atomic E-state index is 0.0556. The second-order valence-electron chi connectivity index (χ2n) is 7.26. The molecule has 0 saturated carbocycles. The van der Waals surface area contributed by atoms with Crippen LogP contribution in [0.5, 0.6) is 5.88 Å². The van der Waals surface area contributed by atoms with Crippen LogP contribution in [0, 0.1) is 13.8 Å². The number of carbonyl (C=O) groups excluding carboxylic acids is 2. The summed E-state index contributed by atoms with van der Waals surface area (Å²) in [6.45, 7) is 6.36. The molecule has 0 radical (unpaired) electrons. The zero-order valence-electron chi connectivity index (χ0n) is 17.9. The van der Waals surface area contributed by atoms with E-state index in [0.29, 0.717) is 17.7 Å². The van der Waals surface area contributed by atoms with E-state index >= 15 is 0 Å². The summed E-state index contributed by atoms with van der Waals surface area (Å²) >= 11 is 0. The van der Waals surface area contributed by atoms with Gasteiger partial charge in [-0.3, -0.25) is 14.9 Å². The molecule has 2 aromatic carbocycles. The van der Waals surface area contributed by atoms with Crippen LogP contribution < -0.4 is 15.4 Å². The van der Waals surface area contributed by atoms with E-state index < -0.39 is 0 Å². The third-order valence-corrected chi connectivity index (χ3v) is 4.48. The highest BCUT2D eigenvalue weighted by atomic mass is 16.5. The van der Waals surface area contributed by atoms with Gasteiger partial charge in [0.15, 0.2) is 0 Å². The van der Waals surface area contributed by atoms with E-state index in [1.807, 2.05) is 38.1 Å². The first-order chi connectivity index (χ1) is 14.9. The van der Waals surface area contributed by atoms with Crippen molar-refractivity contribution in [1.82, 2.24) is 9.97 Å². The van der Waals surface area contributed by atoms with Crippen LogP contribution in [0.4, 0.5) is 11.8 Å². The number of nitrogens with zero attached hydrogens (tertiary/aromatic N) is 2. The second kappa shape index (κ2) is 10.3. The molecule has 1 aromatic heterocycles. The molecule has 2 amide bonds. The average Bonchev–Trinajstić information content (AvgIpc) is 2.74. The molecule has 0 bridgehead atoms. The van der Waals surface area contributed by atoms with Gasteiger partial charge in [-0.2, -0.15) is 9.97 Å². The molecule has 0 aliphatic rings. The quantitative estimate of drug-likeness (QED) is 0.514. The normalized spacial score (nSPS) is 10.4. The fourth-order valence-electron chi connectivity index (χ4n) is 2.87. The second-order valence-corrected chi connectivity index (χ2v) is 7.26. The van der Waals surface area contributed by atoms with Crippen LogP contribution in [-0.2, 0) is 0 Å². The molecule has 7 heteroatoms. The molecule has 1 heterocycles. The fourth-order valence-corrected chi connectivity index (χ4v) is 2.87. The van der Waals surface area contributed by atoms with Crippen LogP contribution in [0.25, 0.3) is 0 Å². The molecule has 2 N–H and O–H groups in total. The van der Waals surface area contributed by atoms with Crippen LogP contribution in [-0.4, -0.2) is 28.4 Å². The van der Waals surface area contributed by atoms with Crippen LogP contribution >= 0.6 is 0 Å². The highest BCUT2D eigenvalue weighted by Gasteiger charge is 2.14. The highest BCUT2D eigenvalue weighted by Crippen LogP contribution is 2.19. The van der Waals surface area contributed by atoms with E-state index in [9.17, 15) is 9.59 Å². The van der Waals surface area contributed by atoms with Gasteiger partial charge < -0.3 is 10.1 Å². The molecule has 0 saturated heterocycles. The Morgan fingerprint density at radius 2 is 1.48 bits per heavy atom. The molecule has 0 fully saturated rings. The first-order valence-corrected chi connectivity index (χ1v) is 10.2. The van der Waals surface area contributed by atoms with Crippen molar-refractivity contribution in [2.45, 2.75) is 33.6 Å². The molecule has 7 nitrogen and oxygen atoms in total. The lowest BCUT2D eigenvalue weighted by atomic mass is 10.1. The number of nitrogens with one attached hydrogen (secondary N) is 2. The molecule has 0 aliphatic heterocycles. The van der Waals surface area contributed by atoms with Crippen LogP contribution in [0.3, 0.4) is 0 Å². The minimum atomic E-state index is -0.342. The Balaban J connectivity index is 1.83. The van der Waals surface area contributed by atoms with E-state index in [-0.39, 0.29) is 29.5 Å². The number of hydrogen-bond donors (Lipinski definition) is 2. The Morgan fingerprint density at radius 3 is 2.06 bits per heavy atom. The zero-order chi connectivity index (χ0) is 22.2. The average molecular weight is 418 g/mol. The number of unbranched alkanes of at least 4 members (excludes halogenated alkanes) is 1. The van der Waals surface area contributed by atoms with Gasteiger partial charge in [-0.15, -0.1) is 0 Å². The number of ether oxygens (including phenoxy) is 1. The maximum Gasteiger partial charge on any atom is 0.258 e. The SMILES string of the molecule is CCCCOc1cc(NC(=O)c2cccc(C)c2)nc(NC(=O)c2cccc(C)c2)n1. The lowest BCUT2D eigenvalue weighted by molar-refractivity contribution is 0.101. The topological polar surface area (TPSA) is 93.2 Å². The number of anilines is 2. The van der Waals surface area contributed by atoms with Gasteiger partial charge >= 0.3 is 0 Å². The molecule has 31 heavy (non-hydrogen) atoms. The molecular weight excluding hydrogens is 392 g/mol. The number of amides is 2. The largest absolute Gasteiger partial charge is 0.477 e. The summed E-state index contributed by atoms with van der Waals surface area (Å²) < 4.78 is 5.69. The monoisotopic (exact) mass is 418 g/mol. The summed E-state index contributed by atoms with van der Waals surface area (Å²) in [4.78, 5) is 33.8. The van der Waals surface area contributed by atoms with Crippen molar-refractivity contribution < 1.29 is 14.3 Å². The van der Waals surface area contributed by atoms with E-state index in [4.69, 9.17) is 4.74 Å². The summed E-state index contributed by atoms with van der Waals surface area (Å²) in [7, 11) is 0. The number of rotatable bonds is 8. The molecule has 0 unspecified atom stereocenters. The van der Waals surface area contributed by atoms with Gasteiger partial charge in [0.2, 0.25) is 11.8 Å². The molecule has 0 aliphatic carbocycles. The van der Waals surface area contributed by atoms with E-state index in [1.54, 1.807) is 30.3 Å². The van der Waals surface area contributed by atoms with Gasteiger partial charge in [-0.1, -0.05) is 48.7 Å². The first kappa shape index (κ1) is 22.0. The smallest absolute Gasteiger partial charge is 0.258 e. The van der Waals surface area contributed by atoms with Crippen molar-refractivity contribution >= 4 is 23.6 Å². The summed E-state index contributed by atoms with van der Waals surface area (Å²) in [5.41, 5.74) is 2.95. The maximum absolute atomic E-state index is 12.6. The number of hydrogen-bond acceptors (Lipinski definition) is 5. The predicted octanol–water partition coefficient (Wildman–Crippen LogP) is 4.78. The molecule has 0 atom stereocenters. The third-order valence-electron chi connectivity index (χ3n) is 4.48. The number of carbonyl (C=O) groups is 2. The third kappa shape index (κ3) is 6.37. The lowest BCUT2D eigenvalue weighted by Crippen LogP contribution is -2.17. The Kier molecular flexibility index (Phi) is 7.32. The van der Waals surface area contributed by atoms with Crippen molar-refractivity contribution in [2.24, 2.45) is 0 Å². The Labute approximate surface area is 181 Å². The van der Waals surface area contributed by atoms with Gasteiger partial charge in [-0.25, -0.2) is 0 Å². The number of aromatic nitrogens is 2. The Hall–Kier alpha value is -3.74. The summed E-state index contributed by atoms with van der Waals surface area (Å²) in [6.07, 6.45) is 1.83. The molecule has 3 rings (SSSR count). The first-order valence-electron chi connectivity index (χ1n) is 10.2. The zero-order valence-corrected chi connectivity index (χ0v) is 17.9. The fraction of sp³-hybridized carbons (Fsp3) is 0.250. The molecule has 0 spiro atoms. The van der Waals surface area contributed by atoms with Gasteiger partial charge in [0.25, 0.3) is 11.8 Å². The highest BCUT2D eigenvalue weighted by molar-refractivity contribution is 6.05. The molecule has 160 valence electrons. The van der Waals surface area contributed by atoms with Crippen molar-refractivity contribution in [3.63, 3.8) is 0 Å². The van der Waals surface area contributed by atoms with Gasteiger partial charge in [0.1, 0.15) is 5.82 Å². The standard InChI is InChI=1S/C24H26N4O3/c1-4-5-12-31-21-15-20(25-22(29)18-10-6-8-16(2)13-18)26-24(27-21)28-23(30)19-11-7-9-17(3)14-19/h6-11,13-15H,4-5,12H2,1-3H3,(H2,25,26,27,28,29,30). The maximum atomic E-state index is 12.6. The van der Waals surface area contributed by atoms with E-state index in [1.165, 1.54) is 0 Å². The van der Waals surface area contributed by atoms with Gasteiger partial charge in [0.05, 0.1) is 6.61 Å². The van der Waals surface area contributed by atoms with Crippen molar-refractivity contribution in [3.05, 3.63) is 76.9 Å². The Morgan fingerprint density at radius 1 is 0.871 bits per heavy atom. The van der Waals surface area contributed by atoms with Crippen LogP contribution in [0.1, 0.15) is 51.6 Å². The molecule has 3 aromatic rings. The van der Waals surface area contributed by atoms with Crippen molar-refractivity contribution in [1.29, 1.82) is 0 Å². The minimum Gasteiger partial charge on any atom is -0.477 e. The Bertz CT molecular complexity index is 1000. The van der Waals surface area contributed by atoms with E-state index in [2.05, 4.69) is 27.5 Å². The summed E-state index contributed by atoms with van der Waals surface area (Å²) in [5.74, 6) is -0.0710. The summed E-state index contributed by atoms with van der Waals surface area (Å²) in [5, 5.41) is 5.44. The van der Waals surface area contributed by atoms with Crippen molar-refractivity contribution in [3.8, 4) is 5.88 Å². The number of benzene rings is 2. The lowest BCUT2D eigenvalue weighted by Gasteiger charge is -2.11. The van der Waals surface area contributed by atoms with Crippen molar-refractivity contribution in [2.75, 3.05) is 17.2 Å². The van der Waals surface area contributed by atoms with Gasteiger partial charge in [-0.05, 0) is 44.5 Å². The molecular formula is C24H26N4O3. The predicted molar refractivity (Wildman–Crippen MR) is 121 cm³/mol. The van der Waals surface area contributed by atoms with E-state index in [0.717, 1.165) is 24.0 Å². The van der Waals surface area contributed by atoms with Gasteiger partial charge in [0, 0.05) is 17.2 Å². The van der Waals surface area contributed by atoms with Crippen LogP contribution in [0.2, 0.25) is 0 Å².